The van der Waals surface area contributed by atoms with Crippen LogP contribution in [0.25, 0.3) is 0 Å². The van der Waals surface area contributed by atoms with E-state index in [1.807, 2.05) is 6.07 Å². The third-order valence-corrected chi connectivity index (χ3v) is 5.87. The molecule has 1 amide bonds. The number of carbonyl (C=O) groups is 1. The molecule has 1 aromatic rings. The first-order chi connectivity index (χ1) is 12.2. The number of nitrogens with zero attached hydrogens (tertiary/aromatic N) is 2. The van der Waals surface area contributed by atoms with E-state index >= 15 is 0 Å². The van der Waals surface area contributed by atoms with Crippen LogP contribution in [0.1, 0.15) is 37.2 Å². The van der Waals surface area contributed by atoms with Crippen molar-refractivity contribution in [3.05, 3.63) is 35.6 Å². The molecular formula is C20H27FN2O2. The van der Waals surface area contributed by atoms with Crippen molar-refractivity contribution < 1.29 is 13.9 Å². The maximum atomic E-state index is 13.4. The summed E-state index contributed by atoms with van der Waals surface area (Å²) in [6, 6.07) is 7.06. The number of benzene rings is 1. The van der Waals surface area contributed by atoms with Gasteiger partial charge in [-0.05, 0) is 49.3 Å². The van der Waals surface area contributed by atoms with Gasteiger partial charge in [0.15, 0.2) is 0 Å². The van der Waals surface area contributed by atoms with Crippen LogP contribution >= 0.6 is 0 Å². The van der Waals surface area contributed by atoms with Gasteiger partial charge in [-0.3, -0.25) is 9.69 Å². The molecule has 0 unspecified atom stereocenters. The molecule has 25 heavy (non-hydrogen) atoms. The Morgan fingerprint density at radius 2 is 2.04 bits per heavy atom. The number of hydrogen-bond acceptors (Lipinski definition) is 3. The number of hydrogen-bond donors (Lipinski definition) is 0. The lowest BCUT2D eigenvalue weighted by molar-refractivity contribution is -0.137. The molecule has 1 aliphatic carbocycles. The number of piperidine rings is 1. The predicted octanol–water partition coefficient (Wildman–Crippen LogP) is 2.64. The molecule has 3 atom stereocenters. The molecule has 0 radical (unpaired) electrons. The van der Waals surface area contributed by atoms with Gasteiger partial charge in [-0.25, -0.2) is 4.39 Å². The molecule has 5 heteroatoms. The van der Waals surface area contributed by atoms with Crippen LogP contribution in [0.2, 0.25) is 0 Å². The summed E-state index contributed by atoms with van der Waals surface area (Å²) < 4.78 is 18.9. The Bertz CT molecular complexity index is 617. The summed E-state index contributed by atoms with van der Waals surface area (Å²) in [6.07, 6.45) is 4.27. The van der Waals surface area contributed by atoms with Gasteiger partial charge in [0, 0.05) is 38.1 Å². The molecule has 2 heterocycles. The Balaban J connectivity index is 1.39. The maximum absolute atomic E-state index is 13.4. The van der Waals surface area contributed by atoms with E-state index < -0.39 is 0 Å². The van der Waals surface area contributed by atoms with E-state index in [-0.39, 0.29) is 23.6 Å². The van der Waals surface area contributed by atoms with Gasteiger partial charge in [-0.2, -0.15) is 0 Å². The van der Waals surface area contributed by atoms with E-state index in [9.17, 15) is 9.18 Å². The van der Waals surface area contributed by atoms with Gasteiger partial charge in [0.05, 0.1) is 13.2 Å². The van der Waals surface area contributed by atoms with Gasteiger partial charge in [-0.15, -0.1) is 0 Å². The van der Waals surface area contributed by atoms with E-state index in [1.165, 1.54) is 12.5 Å². The van der Waals surface area contributed by atoms with Gasteiger partial charge >= 0.3 is 0 Å². The van der Waals surface area contributed by atoms with Crippen LogP contribution in [0.5, 0.6) is 0 Å². The quantitative estimate of drug-likeness (QED) is 0.840. The van der Waals surface area contributed by atoms with E-state index in [0.29, 0.717) is 6.04 Å². The molecule has 0 bridgehead atoms. The molecule has 0 aromatic heterocycles. The summed E-state index contributed by atoms with van der Waals surface area (Å²) >= 11 is 0. The monoisotopic (exact) mass is 346 g/mol. The molecular weight excluding hydrogens is 319 g/mol. The third kappa shape index (κ3) is 3.87. The minimum atomic E-state index is -0.209. The van der Waals surface area contributed by atoms with E-state index in [0.717, 1.165) is 64.2 Å². The van der Waals surface area contributed by atoms with Crippen LogP contribution in [0.15, 0.2) is 24.3 Å². The zero-order chi connectivity index (χ0) is 17.2. The standard InChI is InChI=1S/C20H27FN2O2/c21-16-5-3-4-15(12-16)18-13-19(18)20(24)23-7-2-1-6-17(23)14-22-8-10-25-11-9-22/h3-5,12,17-19H,1-2,6-11,13-14H2/t17-,18+,19-/m1/s1. The van der Waals surface area contributed by atoms with Crippen molar-refractivity contribution >= 4 is 5.91 Å². The number of halogens is 1. The summed E-state index contributed by atoms with van der Waals surface area (Å²) in [6.45, 7) is 5.37. The number of ether oxygens (including phenoxy) is 1. The maximum Gasteiger partial charge on any atom is 0.226 e. The lowest BCUT2D eigenvalue weighted by Gasteiger charge is -2.40. The molecule has 0 spiro atoms. The first-order valence-electron chi connectivity index (χ1n) is 9.58. The predicted molar refractivity (Wildman–Crippen MR) is 93.9 cm³/mol. The average Bonchev–Trinajstić information content (AvgIpc) is 3.43. The number of carbonyl (C=O) groups excluding carboxylic acids is 1. The first kappa shape index (κ1) is 17.0. The number of rotatable bonds is 4. The van der Waals surface area contributed by atoms with Crippen molar-refractivity contribution in [2.24, 2.45) is 5.92 Å². The second kappa shape index (κ2) is 7.42. The Morgan fingerprint density at radius 1 is 1.20 bits per heavy atom. The topological polar surface area (TPSA) is 32.8 Å². The Morgan fingerprint density at radius 3 is 2.84 bits per heavy atom. The lowest BCUT2D eigenvalue weighted by Crippen LogP contribution is -2.51. The van der Waals surface area contributed by atoms with Crippen LogP contribution in [0.4, 0.5) is 4.39 Å². The van der Waals surface area contributed by atoms with Gasteiger partial charge in [0.2, 0.25) is 5.91 Å². The van der Waals surface area contributed by atoms with Crippen LogP contribution in [0, 0.1) is 11.7 Å². The normalized spacial score (nSPS) is 30.3. The highest BCUT2D eigenvalue weighted by atomic mass is 19.1. The smallest absolute Gasteiger partial charge is 0.226 e. The molecule has 3 fully saturated rings. The minimum absolute atomic E-state index is 0.0482. The summed E-state index contributed by atoms with van der Waals surface area (Å²) in [4.78, 5) is 17.6. The molecule has 4 nitrogen and oxygen atoms in total. The number of likely N-dealkylation sites (tertiary alicyclic amines) is 1. The molecule has 2 saturated heterocycles. The van der Waals surface area contributed by atoms with Gasteiger partial charge < -0.3 is 9.64 Å². The lowest BCUT2D eigenvalue weighted by atomic mass is 10.00. The Hall–Kier alpha value is -1.46. The van der Waals surface area contributed by atoms with E-state index in [4.69, 9.17) is 4.74 Å². The Kier molecular flexibility index (Phi) is 5.04. The fourth-order valence-electron chi connectivity index (χ4n) is 4.35. The van der Waals surface area contributed by atoms with Crippen molar-refractivity contribution in [2.75, 3.05) is 39.4 Å². The summed E-state index contributed by atoms with van der Waals surface area (Å²) in [5.74, 6) is 0.326. The van der Waals surface area contributed by atoms with Crippen molar-refractivity contribution in [3.8, 4) is 0 Å². The van der Waals surface area contributed by atoms with Crippen LogP contribution in [-0.4, -0.2) is 61.1 Å². The van der Waals surface area contributed by atoms with Gasteiger partial charge in [-0.1, -0.05) is 12.1 Å². The number of morpholine rings is 1. The number of amides is 1. The molecule has 2 aliphatic heterocycles. The van der Waals surface area contributed by atoms with Crippen molar-refractivity contribution in [2.45, 2.75) is 37.6 Å². The molecule has 3 aliphatic rings. The van der Waals surface area contributed by atoms with Crippen LogP contribution in [0.3, 0.4) is 0 Å². The average molecular weight is 346 g/mol. The molecule has 0 N–H and O–H groups in total. The largest absolute Gasteiger partial charge is 0.379 e. The Labute approximate surface area is 148 Å². The molecule has 4 rings (SSSR count). The van der Waals surface area contributed by atoms with Gasteiger partial charge in [0.1, 0.15) is 5.82 Å². The fraction of sp³-hybridized carbons (Fsp3) is 0.650. The highest BCUT2D eigenvalue weighted by Gasteiger charge is 2.47. The van der Waals surface area contributed by atoms with E-state index in [2.05, 4.69) is 9.80 Å². The van der Waals surface area contributed by atoms with Crippen molar-refractivity contribution in [1.29, 1.82) is 0 Å². The van der Waals surface area contributed by atoms with Crippen molar-refractivity contribution in [1.82, 2.24) is 9.80 Å². The highest BCUT2D eigenvalue weighted by molar-refractivity contribution is 5.83. The zero-order valence-corrected chi connectivity index (χ0v) is 14.7. The third-order valence-electron chi connectivity index (χ3n) is 5.87. The second-order valence-corrected chi connectivity index (χ2v) is 7.60. The molecule has 1 aromatic carbocycles. The SMILES string of the molecule is O=C([C@@H]1C[C@H]1c1cccc(F)c1)N1CCCC[C@@H]1CN1CCOCC1. The zero-order valence-electron chi connectivity index (χ0n) is 14.7. The highest BCUT2D eigenvalue weighted by Crippen LogP contribution is 2.49. The minimum Gasteiger partial charge on any atom is -0.379 e. The molecule has 136 valence electrons. The summed E-state index contributed by atoms with van der Waals surface area (Å²) in [5, 5.41) is 0. The second-order valence-electron chi connectivity index (χ2n) is 7.60. The van der Waals surface area contributed by atoms with E-state index in [1.54, 1.807) is 12.1 Å². The summed E-state index contributed by atoms with van der Waals surface area (Å²) in [7, 11) is 0. The first-order valence-corrected chi connectivity index (χ1v) is 9.58. The van der Waals surface area contributed by atoms with Crippen LogP contribution in [-0.2, 0) is 9.53 Å². The summed E-state index contributed by atoms with van der Waals surface area (Å²) in [5.41, 5.74) is 0.972. The van der Waals surface area contributed by atoms with Gasteiger partial charge in [0.25, 0.3) is 0 Å². The molecule has 1 saturated carbocycles. The fourth-order valence-corrected chi connectivity index (χ4v) is 4.35. The van der Waals surface area contributed by atoms with Crippen molar-refractivity contribution in [3.63, 3.8) is 0 Å². The van der Waals surface area contributed by atoms with Crippen LogP contribution < -0.4 is 0 Å².